The predicted molar refractivity (Wildman–Crippen MR) is 121 cm³/mol. The highest BCUT2D eigenvalue weighted by atomic mass is 32.1. The molecule has 1 fully saturated rings. The minimum Gasteiger partial charge on any atom is -0.416 e. The number of pyridine rings is 1. The Hall–Kier alpha value is -2.80. The van der Waals surface area contributed by atoms with Crippen LogP contribution in [0.2, 0.25) is 0 Å². The van der Waals surface area contributed by atoms with Crippen molar-refractivity contribution in [2.24, 2.45) is 5.73 Å². The Kier molecular flexibility index (Phi) is 6.59. The molecule has 0 bridgehead atoms. The molecule has 1 unspecified atom stereocenters. The summed E-state index contributed by atoms with van der Waals surface area (Å²) < 4.78 is 6.36. The molecular weight excluding hydrogens is 384 g/mol. The molecular formula is C22H28N4O2S. The first-order valence-electron chi connectivity index (χ1n) is 9.78. The number of allylic oxidation sites excluding steroid dienone is 2. The molecule has 29 heavy (non-hydrogen) atoms. The van der Waals surface area contributed by atoms with Gasteiger partial charge in [-0.3, -0.25) is 0 Å². The van der Waals surface area contributed by atoms with Crippen LogP contribution in [0.15, 0.2) is 36.1 Å². The van der Waals surface area contributed by atoms with E-state index in [4.69, 9.17) is 15.5 Å². The van der Waals surface area contributed by atoms with Crippen LogP contribution in [0.5, 0.6) is 0 Å². The van der Waals surface area contributed by atoms with Gasteiger partial charge in [0.1, 0.15) is 5.82 Å². The molecule has 1 amide bonds. The van der Waals surface area contributed by atoms with Crippen molar-refractivity contribution in [3.8, 4) is 0 Å². The van der Waals surface area contributed by atoms with Crippen molar-refractivity contribution in [1.29, 1.82) is 0 Å². The maximum Gasteiger partial charge on any atom is 0.415 e. The number of thiophene rings is 1. The molecule has 3 rings (SSSR count). The molecule has 0 radical (unpaired) electrons. The molecule has 3 N–H and O–H groups in total. The van der Waals surface area contributed by atoms with Gasteiger partial charge in [0, 0.05) is 40.1 Å². The highest BCUT2D eigenvalue weighted by molar-refractivity contribution is 7.17. The van der Waals surface area contributed by atoms with Gasteiger partial charge in [-0.2, -0.15) is 0 Å². The summed E-state index contributed by atoms with van der Waals surface area (Å²) in [6.45, 7) is 12.5. The van der Waals surface area contributed by atoms with Gasteiger partial charge in [0.25, 0.3) is 0 Å². The Balaban J connectivity index is 1.78. The molecule has 1 saturated heterocycles. The summed E-state index contributed by atoms with van der Waals surface area (Å²) in [7, 11) is 0. The SMILES string of the molecule is C=C(N)/C=c1/nc(NCCC2CCCN2C(=O)OC(=C)C)c2ccsc2/c1=C/C. The Morgan fingerprint density at radius 2 is 2.31 bits per heavy atom. The summed E-state index contributed by atoms with van der Waals surface area (Å²) in [5, 5.41) is 8.50. The summed E-state index contributed by atoms with van der Waals surface area (Å²) in [4.78, 5) is 18.8. The fourth-order valence-electron chi connectivity index (χ4n) is 3.70. The number of nitrogens with two attached hydrogens (primary N) is 1. The zero-order valence-corrected chi connectivity index (χ0v) is 17.8. The van der Waals surface area contributed by atoms with Gasteiger partial charge in [0.05, 0.1) is 11.1 Å². The summed E-state index contributed by atoms with van der Waals surface area (Å²) in [6.07, 6.45) is 6.33. The van der Waals surface area contributed by atoms with Gasteiger partial charge < -0.3 is 20.7 Å². The average molecular weight is 413 g/mol. The average Bonchev–Trinajstić information content (AvgIpc) is 3.30. The van der Waals surface area contributed by atoms with Crippen LogP contribution >= 0.6 is 11.3 Å². The minimum atomic E-state index is -0.306. The maximum atomic E-state index is 12.2. The van der Waals surface area contributed by atoms with E-state index in [9.17, 15) is 4.79 Å². The van der Waals surface area contributed by atoms with Crippen molar-refractivity contribution in [2.45, 2.75) is 39.2 Å². The monoisotopic (exact) mass is 412 g/mol. The van der Waals surface area contributed by atoms with E-state index in [1.165, 1.54) is 4.70 Å². The third-order valence-electron chi connectivity index (χ3n) is 4.93. The van der Waals surface area contributed by atoms with Gasteiger partial charge in [-0.25, -0.2) is 9.78 Å². The highest BCUT2D eigenvalue weighted by Gasteiger charge is 2.29. The van der Waals surface area contributed by atoms with Crippen molar-refractivity contribution in [1.82, 2.24) is 9.88 Å². The smallest absolute Gasteiger partial charge is 0.415 e. The van der Waals surface area contributed by atoms with Gasteiger partial charge in [0.15, 0.2) is 0 Å². The molecule has 2 aromatic rings. The number of fused-ring (bicyclic) bond motifs is 1. The topological polar surface area (TPSA) is 80.5 Å². The Labute approximate surface area is 175 Å². The third kappa shape index (κ3) is 4.79. The molecule has 1 aliphatic rings. The van der Waals surface area contributed by atoms with Crippen molar-refractivity contribution in [3.05, 3.63) is 46.6 Å². The number of nitrogens with zero attached hydrogens (tertiary/aromatic N) is 2. The number of carbonyl (C=O) groups is 1. The zero-order valence-electron chi connectivity index (χ0n) is 17.0. The molecule has 0 spiro atoms. The minimum absolute atomic E-state index is 0.158. The summed E-state index contributed by atoms with van der Waals surface area (Å²) in [5.74, 6) is 1.24. The largest absolute Gasteiger partial charge is 0.416 e. The number of aromatic nitrogens is 1. The van der Waals surface area contributed by atoms with E-state index >= 15 is 0 Å². The van der Waals surface area contributed by atoms with Gasteiger partial charge in [-0.1, -0.05) is 19.2 Å². The molecule has 154 valence electrons. The van der Waals surface area contributed by atoms with Gasteiger partial charge in [-0.15, -0.1) is 11.3 Å². The van der Waals surface area contributed by atoms with Crippen LogP contribution in [0.4, 0.5) is 10.6 Å². The Bertz CT molecular complexity index is 1060. The first-order chi connectivity index (χ1) is 13.9. The second kappa shape index (κ2) is 9.13. The molecule has 3 heterocycles. The maximum absolute atomic E-state index is 12.2. The fraction of sp³-hybridized carbons (Fsp3) is 0.364. The van der Waals surface area contributed by atoms with E-state index < -0.39 is 0 Å². The highest BCUT2D eigenvalue weighted by Crippen LogP contribution is 2.24. The standard InChI is InChI=1S/C22H28N4O2S/c1-5-17-19(13-15(4)23)25-21(18-9-12-29-20(17)18)24-10-8-16-7-6-11-26(16)22(27)28-14(2)3/h5,9,12-13,16H,2,4,6-8,10-11,23H2,1,3H3,(H,24,25)/b17-5+,19-13+. The van der Waals surface area contributed by atoms with Gasteiger partial charge in [0.2, 0.25) is 0 Å². The van der Waals surface area contributed by atoms with Crippen molar-refractivity contribution in [2.75, 3.05) is 18.4 Å². The lowest BCUT2D eigenvalue weighted by Crippen LogP contribution is -2.37. The van der Waals surface area contributed by atoms with Crippen LogP contribution in [0.3, 0.4) is 0 Å². The first-order valence-corrected chi connectivity index (χ1v) is 10.7. The molecule has 1 atom stereocenters. The fourth-order valence-corrected chi connectivity index (χ4v) is 4.68. The number of carbonyl (C=O) groups excluding carboxylic acids is 1. The van der Waals surface area contributed by atoms with E-state index in [2.05, 4.69) is 29.9 Å². The van der Waals surface area contributed by atoms with E-state index in [-0.39, 0.29) is 12.1 Å². The number of ether oxygens (including phenoxy) is 1. The van der Waals surface area contributed by atoms with Gasteiger partial charge in [-0.05, 0) is 50.6 Å². The number of amides is 1. The molecule has 6 nitrogen and oxygen atoms in total. The molecule has 1 aliphatic heterocycles. The normalized spacial score (nSPS) is 17.7. The van der Waals surface area contributed by atoms with Crippen LogP contribution in [-0.4, -0.2) is 35.1 Å². The Morgan fingerprint density at radius 1 is 1.52 bits per heavy atom. The lowest BCUT2D eigenvalue weighted by Gasteiger charge is -2.24. The number of likely N-dealkylation sites (tertiary alicyclic amines) is 1. The van der Waals surface area contributed by atoms with Crippen molar-refractivity contribution < 1.29 is 9.53 Å². The van der Waals surface area contributed by atoms with Crippen LogP contribution < -0.4 is 21.6 Å². The second-order valence-electron chi connectivity index (χ2n) is 7.21. The van der Waals surface area contributed by atoms with Crippen LogP contribution in [-0.2, 0) is 4.74 Å². The third-order valence-corrected chi connectivity index (χ3v) is 5.87. The number of hydrogen-bond acceptors (Lipinski definition) is 6. The summed E-state index contributed by atoms with van der Waals surface area (Å²) >= 11 is 1.68. The zero-order chi connectivity index (χ0) is 21.0. The Morgan fingerprint density at radius 3 is 3.00 bits per heavy atom. The van der Waals surface area contributed by atoms with Crippen LogP contribution in [0.1, 0.15) is 33.1 Å². The number of nitrogens with one attached hydrogen (secondary N) is 1. The van der Waals surface area contributed by atoms with Crippen LogP contribution in [0, 0.1) is 0 Å². The van der Waals surface area contributed by atoms with E-state index in [1.807, 2.05) is 13.0 Å². The van der Waals surface area contributed by atoms with Crippen molar-refractivity contribution >= 4 is 45.5 Å². The first kappa shape index (κ1) is 20.9. The number of anilines is 1. The lowest BCUT2D eigenvalue weighted by atomic mass is 10.1. The second-order valence-corrected chi connectivity index (χ2v) is 8.12. The number of rotatable bonds is 6. The molecule has 7 heteroatoms. The predicted octanol–water partition coefficient (Wildman–Crippen LogP) is 3.29. The van der Waals surface area contributed by atoms with Gasteiger partial charge >= 0.3 is 6.09 Å². The van der Waals surface area contributed by atoms with Crippen molar-refractivity contribution in [3.63, 3.8) is 0 Å². The molecule has 2 aromatic heterocycles. The molecule has 0 aliphatic carbocycles. The van der Waals surface area contributed by atoms with E-state index in [0.29, 0.717) is 18.0 Å². The summed E-state index contributed by atoms with van der Waals surface area (Å²) in [6, 6.07) is 2.24. The van der Waals surface area contributed by atoms with Crippen LogP contribution in [0.25, 0.3) is 22.2 Å². The molecule has 0 saturated carbocycles. The molecule has 0 aromatic carbocycles. The lowest BCUT2D eigenvalue weighted by molar-refractivity contribution is 0.123. The van der Waals surface area contributed by atoms with E-state index in [0.717, 1.165) is 47.6 Å². The quantitative estimate of drug-likeness (QED) is 0.712. The summed E-state index contributed by atoms with van der Waals surface area (Å²) in [5.41, 5.74) is 6.27. The van der Waals surface area contributed by atoms with E-state index in [1.54, 1.807) is 29.2 Å². The number of hydrogen-bond donors (Lipinski definition) is 2.